The van der Waals surface area contributed by atoms with Crippen molar-refractivity contribution >= 4 is 17.5 Å². The molecule has 0 aliphatic carbocycles. The number of likely N-dealkylation sites (N-methyl/N-ethyl adjacent to an activating group) is 1. The molecule has 90 valence electrons. The van der Waals surface area contributed by atoms with Crippen LogP contribution in [0.3, 0.4) is 0 Å². The number of carbonyl (C=O) groups excluding carboxylic acids is 2. The van der Waals surface area contributed by atoms with Gasteiger partial charge in [-0.1, -0.05) is 0 Å². The number of nitrogens with zero attached hydrogens (tertiary/aromatic N) is 2. The number of hydrogen-bond donors (Lipinski definition) is 1. The van der Waals surface area contributed by atoms with Gasteiger partial charge < -0.3 is 9.64 Å². The molecule has 0 bridgehead atoms. The molecule has 0 unspecified atom stereocenters. The SMILES string of the molecule is CN(N)C(=O)c1ccc2c(c1)N(C)C(=O)CO2. The number of fused-ring (bicyclic) bond motifs is 1. The van der Waals surface area contributed by atoms with Crippen LogP contribution in [0.2, 0.25) is 0 Å². The first-order valence-electron chi connectivity index (χ1n) is 5.07. The van der Waals surface area contributed by atoms with Crippen LogP contribution in [-0.2, 0) is 4.79 Å². The predicted molar refractivity (Wildman–Crippen MR) is 61.6 cm³/mol. The first kappa shape index (κ1) is 11.4. The van der Waals surface area contributed by atoms with Crippen LogP contribution < -0.4 is 15.5 Å². The summed E-state index contributed by atoms with van der Waals surface area (Å²) in [6.07, 6.45) is 0. The fourth-order valence-corrected chi connectivity index (χ4v) is 1.61. The van der Waals surface area contributed by atoms with Crippen molar-refractivity contribution in [2.24, 2.45) is 5.84 Å². The molecule has 1 aromatic rings. The van der Waals surface area contributed by atoms with Crippen molar-refractivity contribution < 1.29 is 14.3 Å². The van der Waals surface area contributed by atoms with Crippen LogP contribution in [0.25, 0.3) is 0 Å². The molecule has 0 fully saturated rings. The first-order valence-corrected chi connectivity index (χ1v) is 5.07. The highest BCUT2D eigenvalue weighted by Crippen LogP contribution is 2.32. The molecular formula is C11H13N3O3. The Morgan fingerprint density at radius 2 is 2.24 bits per heavy atom. The van der Waals surface area contributed by atoms with E-state index >= 15 is 0 Å². The first-order chi connectivity index (χ1) is 8.00. The monoisotopic (exact) mass is 235 g/mol. The third kappa shape index (κ3) is 1.94. The molecule has 2 N–H and O–H groups in total. The fraction of sp³-hybridized carbons (Fsp3) is 0.273. The molecule has 1 aliphatic rings. The van der Waals surface area contributed by atoms with Crippen LogP contribution in [-0.4, -0.2) is 37.5 Å². The van der Waals surface area contributed by atoms with E-state index in [1.54, 1.807) is 25.2 Å². The number of hydrazine groups is 1. The van der Waals surface area contributed by atoms with Crippen LogP contribution in [0.4, 0.5) is 5.69 Å². The molecule has 1 aromatic carbocycles. The van der Waals surface area contributed by atoms with Gasteiger partial charge in [-0.05, 0) is 18.2 Å². The Kier molecular flexibility index (Phi) is 2.72. The minimum atomic E-state index is -0.320. The molecular weight excluding hydrogens is 222 g/mol. The van der Waals surface area contributed by atoms with Gasteiger partial charge in [0.25, 0.3) is 11.8 Å². The van der Waals surface area contributed by atoms with Gasteiger partial charge in [-0.15, -0.1) is 0 Å². The smallest absolute Gasteiger partial charge is 0.267 e. The molecule has 17 heavy (non-hydrogen) atoms. The third-order valence-corrected chi connectivity index (χ3v) is 2.61. The number of amides is 2. The largest absolute Gasteiger partial charge is 0.482 e. The Bertz CT molecular complexity index is 485. The van der Waals surface area contributed by atoms with Crippen molar-refractivity contribution in [3.8, 4) is 5.75 Å². The van der Waals surface area contributed by atoms with Crippen molar-refractivity contribution in [2.75, 3.05) is 25.6 Å². The molecule has 6 heteroatoms. The van der Waals surface area contributed by atoms with E-state index in [-0.39, 0.29) is 18.4 Å². The molecule has 6 nitrogen and oxygen atoms in total. The molecule has 0 spiro atoms. The second-order valence-corrected chi connectivity index (χ2v) is 3.84. The lowest BCUT2D eigenvalue weighted by Gasteiger charge is -2.26. The standard InChI is InChI=1S/C11H13N3O3/c1-13-8-5-7(11(16)14(2)12)3-4-9(8)17-6-10(13)15/h3-5H,6,12H2,1-2H3. The van der Waals surface area contributed by atoms with Gasteiger partial charge in [-0.2, -0.15) is 0 Å². The van der Waals surface area contributed by atoms with E-state index < -0.39 is 0 Å². The van der Waals surface area contributed by atoms with Gasteiger partial charge in [0.2, 0.25) is 0 Å². The van der Waals surface area contributed by atoms with E-state index in [0.29, 0.717) is 17.0 Å². The van der Waals surface area contributed by atoms with E-state index in [1.165, 1.54) is 11.9 Å². The second-order valence-electron chi connectivity index (χ2n) is 3.84. The predicted octanol–water partition coefficient (Wildman–Crippen LogP) is -0.0125. The number of hydrogen-bond acceptors (Lipinski definition) is 4. The molecule has 0 saturated heterocycles. The van der Waals surface area contributed by atoms with Crippen LogP contribution >= 0.6 is 0 Å². The molecule has 1 heterocycles. The zero-order valence-corrected chi connectivity index (χ0v) is 9.64. The highest BCUT2D eigenvalue weighted by Gasteiger charge is 2.23. The van der Waals surface area contributed by atoms with Crippen molar-refractivity contribution in [2.45, 2.75) is 0 Å². The molecule has 0 radical (unpaired) electrons. The van der Waals surface area contributed by atoms with Crippen molar-refractivity contribution in [3.05, 3.63) is 23.8 Å². The number of nitrogens with two attached hydrogens (primary N) is 1. The quantitative estimate of drug-likeness (QED) is 0.422. The van der Waals surface area contributed by atoms with Crippen LogP contribution in [0, 0.1) is 0 Å². The Balaban J connectivity index is 2.42. The van der Waals surface area contributed by atoms with Gasteiger partial charge in [-0.25, -0.2) is 5.84 Å². The van der Waals surface area contributed by atoms with Gasteiger partial charge >= 0.3 is 0 Å². The van der Waals surface area contributed by atoms with Gasteiger partial charge in [0.1, 0.15) is 5.75 Å². The van der Waals surface area contributed by atoms with E-state index in [2.05, 4.69) is 0 Å². The molecule has 0 atom stereocenters. The summed E-state index contributed by atoms with van der Waals surface area (Å²) >= 11 is 0. The van der Waals surface area contributed by atoms with Crippen molar-refractivity contribution in [1.82, 2.24) is 5.01 Å². The normalized spacial score (nSPS) is 14.1. The average molecular weight is 235 g/mol. The average Bonchev–Trinajstić information content (AvgIpc) is 2.32. The van der Waals surface area contributed by atoms with Crippen LogP contribution in [0.1, 0.15) is 10.4 Å². The van der Waals surface area contributed by atoms with Gasteiger partial charge in [-0.3, -0.25) is 14.6 Å². The van der Waals surface area contributed by atoms with E-state index in [0.717, 1.165) is 5.01 Å². The maximum absolute atomic E-state index is 11.7. The maximum Gasteiger partial charge on any atom is 0.267 e. The summed E-state index contributed by atoms with van der Waals surface area (Å²) in [5.41, 5.74) is 0.993. The summed E-state index contributed by atoms with van der Waals surface area (Å²) in [7, 11) is 3.11. The maximum atomic E-state index is 11.7. The number of benzene rings is 1. The lowest BCUT2D eigenvalue weighted by molar-refractivity contribution is -0.120. The Labute approximate surface area is 98.5 Å². The van der Waals surface area contributed by atoms with E-state index in [9.17, 15) is 9.59 Å². The third-order valence-electron chi connectivity index (χ3n) is 2.61. The number of anilines is 1. The molecule has 0 aromatic heterocycles. The highest BCUT2D eigenvalue weighted by atomic mass is 16.5. The van der Waals surface area contributed by atoms with Crippen LogP contribution in [0.15, 0.2) is 18.2 Å². The number of rotatable bonds is 1. The Hall–Kier alpha value is -2.08. The number of ether oxygens (including phenoxy) is 1. The molecule has 2 rings (SSSR count). The number of carbonyl (C=O) groups is 2. The summed E-state index contributed by atoms with van der Waals surface area (Å²) in [6.45, 7) is 0.0214. The molecule has 2 amide bonds. The zero-order valence-electron chi connectivity index (χ0n) is 9.64. The summed E-state index contributed by atoms with van der Waals surface area (Å²) in [4.78, 5) is 24.6. The summed E-state index contributed by atoms with van der Waals surface area (Å²) in [5, 5.41) is 0.993. The summed E-state index contributed by atoms with van der Waals surface area (Å²) < 4.78 is 5.25. The topological polar surface area (TPSA) is 75.9 Å². The van der Waals surface area contributed by atoms with Gasteiger partial charge in [0.15, 0.2) is 6.61 Å². The summed E-state index contributed by atoms with van der Waals surface area (Å²) in [6, 6.07) is 4.88. The minimum Gasteiger partial charge on any atom is -0.482 e. The fourth-order valence-electron chi connectivity index (χ4n) is 1.61. The lowest BCUT2D eigenvalue weighted by Crippen LogP contribution is -2.36. The van der Waals surface area contributed by atoms with E-state index in [4.69, 9.17) is 10.6 Å². The Morgan fingerprint density at radius 1 is 1.53 bits per heavy atom. The molecule has 1 aliphatic heterocycles. The Morgan fingerprint density at radius 3 is 2.88 bits per heavy atom. The van der Waals surface area contributed by atoms with Crippen molar-refractivity contribution in [3.63, 3.8) is 0 Å². The highest BCUT2D eigenvalue weighted by molar-refractivity contribution is 6.00. The van der Waals surface area contributed by atoms with Gasteiger partial charge in [0, 0.05) is 19.7 Å². The zero-order chi connectivity index (χ0) is 12.6. The van der Waals surface area contributed by atoms with Gasteiger partial charge in [0.05, 0.1) is 5.69 Å². The molecule has 0 saturated carbocycles. The van der Waals surface area contributed by atoms with E-state index in [1.807, 2.05) is 0 Å². The van der Waals surface area contributed by atoms with Crippen LogP contribution in [0.5, 0.6) is 5.75 Å². The lowest BCUT2D eigenvalue weighted by atomic mass is 10.1. The minimum absolute atomic E-state index is 0.0214. The second kappa shape index (κ2) is 4.06. The summed E-state index contributed by atoms with van der Waals surface area (Å²) in [5.74, 6) is 5.49. The van der Waals surface area contributed by atoms with Crippen molar-refractivity contribution in [1.29, 1.82) is 0 Å².